The first kappa shape index (κ1) is 13.5. The number of nitrogens with two attached hydrogens (primary N) is 1. The highest BCUT2D eigenvalue weighted by molar-refractivity contribution is 5.82. The van der Waals surface area contributed by atoms with E-state index in [1.807, 2.05) is 0 Å². The third kappa shape index (κ3) is 7.57. The van der Waals surface area contributed by atoms with E-state index in [0.717, 1.165) is 6.54 Å². The molecule has 3 N–H and O–H groups in total. The van der Waals surface area contributed by atoms with E-state index < -0.39 is 5.97 Å². The molecule has 0 amide bonds. The molecule has 15 heavy (non-hydrogen) atoms. The molecule has 1 rings (SSSR count). The summed E-state index contributed by atoms with van der Waals surface area (Å²) in [5.74, 6) is -1.27. The molecule has 5 nitrogen and oxygen atoms in total. The van der Waals surface area contributed by atoms with Gasteiger partial charge in [-0.1, -0.05) is 19.8 Å². The van der Waals surface area contributed by atoms with Gasteiger partial charge in [0, 0.05) is 12.4 Å². The van der Waals surface area contributed by atoms with Crippen LogP contribution in [0.15, 0.2) is 18.5 Å². The van der Waals surface area contributed by atoms with E-state index in [2.05, 4.69) is 16.9 Å². The number of aromatic carboxylic acids is 1. The lowest BCUT2D eigenvalue weighted by Gasteiger charge is -1.86. The van der Waals surface area contributed by atoms with Crippen LogP contribution < -0.4 is 5.73 Å². The second-order valence-corrected chi connectivity index (χ2v) is 2.87. The summed E-state index contributed by atoms with van der Waals surface area (Å²) >= 11 is 0. The van der Waals surface area contributed by atoms with Gasteiger partial charge in [-0.05, 0) is 19.0 Å². The number of carbonyl (C=O) groups is 1. The van der Waals surface area contributed by atoms with E-state index in [1.165, 1.54) is 31.7 Å². The number of carboxylic acids is 1. The number of hydrogen-bond acceptors (Lipinski definition) is 4. The largest absolute Gasteiger partial charge is 0.475 e. The monoisotopic (exact) mass is 211 g/mol. The predicted molar refractivity (Wildman–Crippen MR) is 57.6 cm³/mol. The molecule has 0 fully saturated rings. The van der Waals surface area contributed by atoms with E-state index in [4.69, 9.17) is 10.8 Å². The van der Waals surface area contributed by atoms with Crippen LogP contribution in [0.2, 0.25) is 0 Å². The maximum Gasteiger partial charge on any atom is 0.373 e. The quantitative estimate of drug-likeness (QED) is 0.733. The molecular weight excluding hydrogens is 194 g/mol. The average Bonchev–Trinajstić information content (AvgIpc) is 2.28. The molecule has 0 saturated heterocycles. The van der Waals surface area contributed by atoms with Crippen LogP contribution >= 0.6 is 0 Å². The molecule has 1 aromatic rings. The molecule has 1 heterocycles. The minimum atomic E-state index is -1.10. The fourth-order valence-electron chi connectivity index (χ4n) is 0.804. The zero-order valence-electron chi connectivity index (χ0n) is 8.89. The lowest BCUT2D eigenvalue weighted by Crippen LogP contribution is -2.01. The number of unbranched alkanes of at least 4 members (excludes halogenated alkanes) is 2. The van der Waals surface area contributed by atoms with Crippen LogP contribution in [0, 0.1) is 0 Å². The lowest BCUT2D eigenvalue weighted by atomic mass is 10.3. The summed E-state index contributed by atoms with van der Waals surface area (Å²) in [6, 6.07) is 1.56. The highest BCUT2D eigenvalue weighted by atomic mass is 16.4. The highest BCUT2D eigenvalue weighted by Crippen LogP contribution is 1.88. The van der Waals surface area contributed by atoms with Crippen molar-refractivity contribution in [3.63, 3.8) is 0 Å². The van der Waals surface area contributed by atoms with Gasteiger partial charge in [-0.3, -0.25) is 0 Å². The zero-order chi connectivity index (χ0) is 11.5. The summed E-state index contributed by atoms with van der Waals surface area (Å²) in [5.41, 5.74) is 5.21. The van der Waals surface area contributed by atoms with Gasteiger partial charge in [0.05, 0.1) is 0 Å². The lowest BCUT2D eigenvalue weighted by molar-refractivity contribution is 0.0683. The molecule has 0 saturated carbocycles. The number of hydrogen-bond donors (Lipinski definition) is 2. The summed E-state index contributed by atoms with van der Waals surface area (Å²) in [5, 5.41) is 8.26. The summed E-state index contributed by atoms with van der Waals surface area (Å²) in [7, 11) is 0. The molecule has 84 valence electrons. The Morgan fingerprint density at radius 3 is 2.27 bits per heavy atom. The normalized spacial score (nSPS) is 8.93. The first-order valence-electron chi connectivity index (χ1n) is 4.92. The standard InChI is InChI=1S/C5H4N2O2.C5H13N/c8-5(9)4-6-2-1-3-7-4;1-2-3-4-5-6/h1-3H,(H,8,9);2-6H2,1H3. The fraction of sp³-hybridized carbons (Fsp3) is 0.500. The minimum absolute atomic E-state index is 0.169. The summed E-state index contributed by atoms with van der Waals surface area (Å²) in [4.78, 5) is 17.0. The van der Waals surface area contributed by atoms with Crippen molar-refractivity contribution in [2.75, 3.05) is 6.54 Å². The van der Waals surface area contributed by atoms with Gasteiger partial charge in [0.1, 0.15) is 0 Å². The molecular formula is C10H17N3O2. The van der Waals surface area contributed by atoms with Crippen LogP contribution in [0.4, 0.5) is 0 Å². The molecule has 0 atom stereocenters. The van der Waals surface area contributed by atoms with E-state index >= 15 is 0 Å². The van der Waals surface area contributed by atoms with Gasteiger partial charge < -0.3 is 10.8 Å². The third-order valence-corrected chi connectivity index (χ3v) is 1.56. The molecule has 0 aromatic carbocycles. The molecule has 0 spiro atoms. The van der Waals surface area contributed by atoms with Crippen LogP contribution in [0.1, 0.15) is 36.8 Å². The van der Waals surface area contributed by atoms with Crippen molar-refractivity contribution in [2.24, 2.45) is 5.73 Å². The van der Waals surface area contributed by atoms with E-state index in [9.17, 15) is 4.79 Å². The van der Waals surface area contributed by atoms with Crippen molar-refractivity contribution < 1.29 is 9.90 Å². The molecule has 0 aliphatic carbocycles. The van der Waals surface area contributed by atoms with Gasteiger partial charge in [0.25, 0.3) is 0 Å². The zero-order valence-corrected chi connectivity index (χ0v) is 8.89. The van der Waals surface area contributed by atoms with E-state index in [0.29, 0.717) is 0 Å². The van der Waals surface area contributed by atoms with Gasteiger partial charge >= 0.3 is 5.97 Å². The first-order chi connectivity index (χ1) is 7.22. The minimum Gasteiger partial charge on any atom is -0.475 e. The Morgan fingerprint density at radius 1 is 1.40 bits per heavy atom. The number of aromatic nitrogens is 2. The summed E-state index contributed by atoms with van der Waals surface area (Å²) in [6.45, 7) is 3.03. The van der Waals surface area contributed by atoms with E-state index in [1.54, 1.807) is 6.07 Å². The van der Waals surface area contributed by atoms with Crippen LogP contribution in [0.3, 0.4) is 0 Å². The number of carboxylic acid groups (broad SMARTS) is 1. The van der Waals surface area contributed by atoms with Crippen molar-refractivity contribution >= 4 is 5.97 Å². The first-order valence-corrected chi connectivity index (χ1v) is 4.92. The van der Waals surface area contributed by atoms with Crippen molar-refractivity contribution in [3.8, 4) is 0 Å². The highest BCUT2D eigenvalue weighted by Gasteiger charge is 2.01. The van der Waals surface area contributed by atoms with Crippen LogP contribution in [0.5, 0.6) is 0 Å². The molecule has 0 bridgehead atoms. The Hall–Kier alpha value is -1.49. The van der Waals surface area contributed by atoms with Gasteiger partial charge in [0.2, 0.25) is 5.82 Å². The van der Waals surface area contributed by atoms with Crippen molar-refractivity contribution in [1.82, 2.24) is 9.97 Å². The Labute approximate surface area is 89.4 Å². The summed E-state index contributed by atoms with van der Waals surface area (Å²) in [6.07, 6.45) is 6.52. The predicted octanol–water partition coefficient (Wildman–Crippen LogP) is 1.31. The fourth-order valence-corrected chi connectivity index (χ4v) is 0.804. The molecule has 0 unspecified atom stereocenters. The van der Waals surface area contributed by atoms with Gasteiger partial charge in [0.15, 0.2) is 0 Å². The molecule has 0 aliphatic rings. The maximum atomic E-state index is 10.1. The number of rotatable bonds is 4. The van der Waals surface area contributed by atoms with Crippen LogP contribution in [0.25, 0.3) is 0 Å². The van der Waals surface area contributed by atoms with Gasteiger partial charge in [-0.15, -0.1) is 0 Å². The average molecular weight is 211 g/mol. The Balaban J connectivity index is 0.000000288. The van der Waals surface area contributed by atoms with Crippen molar-refractivity contribution in [3.05, 3.63) is 24.3 Å². The Morgan fingerprint density at radius 2 is 2.00 bits per heavy atom. The Bertz CT molecular complexity index is 261. The number of nitrogens with zero attached hydrogens (tertiary/aromatic N) is 2. The maximum absolute atomic E-state index is 10.1. The topological polar surface area (TPSA) is 89.1 Å². The van der Waals surface area contributed by atoms with Crippen molar-refractivity contribution in [2.45, 2.75) is 26.2 Å². The SMILES string of the molecule is CCCCCN.O=C(O)c1ncccn1. The Kier molecular flexibility index (Phi) is 8.18. The van der Waals surface area contributed by atoms with Crippen LogP contribution in [-0.4, -0.2) is 27.6 Å². The smallest absolute Gasteiger partial charge is 0.373 e. The van der Waals surface area contributed by atoms with Gasteiger partial charge in [-0.2, -0.15) is 0 Å². The molecule has 1 aromatic heterocycles. The summed E-state index contributed by atoms with van der Waals surface area (Å²) < 4.78 is 0. The third-order valence-electron chi connectivity index (χ3n) is 1.56. The van der Waals surface area contributed by atoms with E-state index in [-0.39, 0.29) is 5.82 Å². The van der Waals surface area contributed by atoms with Crippen molar-refractivity contribution in [1.29, 1.82) is 0 Å². The molecule has 0 radical (unpaired) electrons. The van der Waals surface area contributed by atoms with Gasteiger partial charge in [-0.25, -0.2) is 14.8 Å². The second kappa shape index (κ2) is 9.08. The molecule has 0 aliphatic heterocycles. The molecule has 5 heteroatoms. The second-order valence-electron chi connectivity index (χ2n) is 2.87. The van der Waals surface area contributed by atoms with Crippen LogP contribution in [-0.2, 0) is 0 Å².